The number of aromatic carboxylic acids is 1. The van der Waals surface area contributed by atoms with E-state index >= 15 is 0 Å². The third-order valence-corrected chi connectivity index (χ3v) is 2.36. The van der Waals surface area contributed by atoms with Crippen molar-refractivity contribution in [3.05, 3.63) is 29.8 Å². The van der Waals surface area contributed by atoms with Crippen LogP contribution in [0.15, 0.2) is 24.3 Å². The molecule has 2 amide bonds. The maximum absolute atomic E-state index is 11.5. The summed E-state index contributed by atoms with van der Waals surface area (Å²) >= 11 is 0. The standard InChI is InChI=1S/C12H16N2O3/c1-3-8(2)13-12(17)14-10-6-4-5-9(7-10)11(15)16/h4-8H,3H2,1-2H3,(H,15,16)(H2,13,14,17). The monoisotopic (exact) mass is 236 g/mol. The predicted molar refractivity (Wildman–Crippen MR) is 65.3 cm³/mol. The highest BCUT2D eigenvalue weighted by Crippen LogP contribution is 2.10. The summed E-state index contributed by atoms with van der Waals surface area (Å²) < 4.78 is 0. The van der Waals surface area contributed by atoms with Crippen LogP contribution in [0.25, 0.3) is 0 Å². The number of rotatable bonds is 4. The lowest BCUT2D eigenvalue weighted by atomic mass is 10.2. The maximum Gasteiger partial charge on any atom is 0.335 e. The summed E-state index contributed by atoms with van der Waals surface area (Å²) in [5.74, 6) is -1.02. The Labute approximate surface area is 99.8 Å². The minimum atomic E-state index is -1.02. The molecule has 0 aliphatic carbocycles. The average molecular weight is 236 g/mol. The van der Waals surface area contributed by atoms with Gasteiger partial charge in [0.2, 0.25) is 0 Å². The van der Waals surface area contributed by atoms with Gasteiger partial charge < -0.3 is 15.7 Å². The van der Waals surface area contributed by atoms with Crippen LogP contribution >= 0.6 is 0 Å². The van der Waals surface area contributed by atoms with E-state index in [1.165, 1.54) is 12.1 Å². The third-order valence-electron chi connectivity index (χ3n) is 2.36. The first-order valence-corrected chi connectivity index (χ1v) is 5.43. The zero-order chi connectivity index (χ0) is 12.8. The van der Waals surface area contributed by atoms with Crippen molar-refractivity contribution in [2.24, 2.45) is 0 Å². The smallest absolute Gasteiger partial charge is 0.335 e. The average Bonchev–Trinajstić information content (AvgIpc) is 2.28. The molecule has 1 unspecified atom stereocenters. The number of carbonyl (C=O) groups excluding carboxylic acids is 1. The lowest BCUT2D eigenvalue weighted by molar-refractivity contribution is 0.0697. The Bertz CT molecular complexity index is 418. The van der Waals surface area contributed by atoms with E-state index < -0.39 is 5.97 Å². The van der Waals surface area contributed by atoms with Crippen molar-refractivity contribution >= 4 is 17.7 Å². The number of hydrogen-bond acceptors (Lipinski definition) is 2. The molecule has 0 radical (unpaired) electrons. The first-order chi connectivity index (χ1) is 8.02. The number of anilines is 1. The van der Waals surface area contributed by atoms with Crippen LogP contribution in [0, 0.1) is 0 Å². The number of urea groups is 1. The number of benzene rings is 1. The highest BCUT2D eigenvalue weighted by Gasteiger charge is 2.07. The first kappa shape index (κ1) is 13.0. The molecule has 0 aliphatic heterocycles. The lowest BCUT2D eigenvalue weighted by Gasteiger charge is -2.12. The Morgan fingerprint density at radius 2 is 2.12 bits per heavy atom. The molecular formula is C12H16N2O3. The van der Waals surface area contributed by atoms with Crippen molar-refractivity contribution < 1.29 is 14.7 Å². The number of carboxylic acids is 1. The molecule has 17 heavy (non-hydrogen) atoms. The van der Waals surface area contributed by atoms with Gasteiger partial charge in [0.05, 0.1) is 5.56 Å². The van der Waals surface area contributed by atoms with Crippen molar-refractivity contribution in [3.63, 3.8) is 0 Å². The number of carbonyl (C=O) groups is 2. The molecule has 0 saturated heterocycles. The van der Waals surface area contributed by atoms with E-state index in [0.29, 0.717) is 5.69 Å². The van der Waals surface area contributed by atoms with E-state index in [9.17, 15) is 9.59 Å². The predicted octanol–water partition coefficient (Wildman–Crippen LogP) is 2.30. The summed E-state index contributed by atoms with van der Waals surface area (Å²) in [6.07, 6.45) is 0.836. The second kappa shape index (κ2) is 5.89. The van der Waals surface area contributed by atoms with E-state index in [4.69, 9.17) is 5.11 Å². The van der Waals surface area contributed by atoms with Crippen molar-refractivity contribution in [2.45, 2.75) is 26.3 Å². The van der Waals surface area contributed by atoms with E-state index in [1.54, 1.807) is 12.1 Å². The fraction of sp³-hybridized carbons (Fsp3) is 0.333. The molecule has 0 spiro atoms. The Hall–Kier alpha value is -2.04. The number of hydrogen-bond donors (Lipinski definition) is 3. The fourth-order valence-electron chi connectivity index (χ4n) is 1.22. The zero-order valence-corrected chi connectivity index (χ0v) is 9.86. The topological polar surface area (TPSA) is 78.4 Å². The molecule has 0 saturated carbocycles. The molecule has 0 aromatic heterocycles. The molecule has 5 heteroatoms. The molecule has 92 valence electrons. The Kier molecular flexibility index (Phi) is 4.51. The SMILES string of the molecule is CCC(C)NC(=O)Nc1cccc(C(=O)O)c1. The maximum atomic E-state index is 11.5. The van der Waals surface area contributed by atoms with Gasteiger partial charge in [-0.05, 0) is 31.5 Å². The van der Waals surface area contributed by atoms with Crippen LogP contribution in [0.3, 0.4) is 0 Å². The van der Waals surface area contributed by atoms with Gasteiger partial charge in [-0.1, -0.05) is 13.0 Å². The van der Waals surface area contributed by atoms with Crippen LogP contribution < -0.4 is 10.6 Å². The summed E-state index contributed by atoms with van der Waals surface area (Å²) in [4.78, 5) is 22.2. The molecule has 3 N–H and O–H groups in total. The van der Waals surface area contributed by atoms with Crippen LogP contribution in [-0.4, -0.2) is 23.1 Å². The van der Waals surface area contributed by atoms with E-state index in [1.807, 2.05) is 13.8 Å². The van der Waals surface area contributed by atoms with Gasteiger partial charge >= 0.3 is 12.0 Å². The molecule has 0 heterocycles. The van der Waals surface area contributed by atoms with Crippen LogP contribution in [0.2, 0.25) is 0 Å². The first-order valence-electron chi connectivity index (χ1n) is 5.43. The second-order valence-electron chi connectivity index (χ2n) is 3.79. The van der Waals surface area contributed by atoms with Crippen LogP contribution in [0.4, 0.5) is 10.5 Å². The van der Waals surface area contributed by atoms with Gasteiger partial charge in [-0.3, -0.25) is 0 Å². The van der Waals surface area contributed by atoms with Gasteiger partial charge in [-0.2, -0.15) is 0 Å². The molecule has 0 fully saturated rings. The molecule has 0 bridgehead atoms. The Morgan fingerprint density at radius 1 is 1.41 bits per heavy atom. The molecule has 5 nitrogen and oxygen atoms in total. The largest absolute Gasteiger partial charge is 0.478 e. The van der Waals surface area contributed by atoms with E-state index in [-0.39, 0.29) is 17.6 Å². The fourth-order valence-corrected chi connectivity index (χ4v) is 1.22. The highest BCUT2D eigenvalue weighted by molar-refractivity contribution is 5.93. The van der Waals surface area contributed by atoms with Crippen molar-refractivity contribution in [2.75, 3.05) is 5.32 Å². The lowest BCUT2D eigenvalue weighted by Crippen LogP contribution is -2.35. The number of nitrogens with one attached hydrogen (secondary N) is 2. The Balaban J connectivity index is 2.65. The van der Waals surface area contributed by atoms with Gasteiger partial charge in [0.1, 0.15) is 0 Å². The van der Waals surface area contributed by atoms with Gasteiger partial charge in [0.25, 0.3) is 0 Å². The summed E-state index contributed by atoms with van der Waals surface area (Å²) in [7, 11) is 0. The second-order valence-corrected chi connectivity index (χ2v) is 3.79. The van der Waals surface area contributed by atoms with Gasteiger partial charge in [-0.15, -0.1) is 0 Å². The van der Waals surface area contributed by atoms with Crippen molar-refractivity contribution in [1.82, 2.24) is 5.32 Å². The third kappa shape index (κ3) is 4.14. The Morgan fingerprint density at radius 3 is 2.71 bits per heavy atom. The quantitative estimate of drug-likeness (QED) is 0.750. The molecule has 1 aromatic rings. The number of carboxylic acid groups (broad SMARTS) is 1. The minimum Gasteiger partial charge on any atom is -0.478 e. The van der Waals surface area contributed by atoms with Crippen LogP contribution in [0.5, 0.6) is 0 Å². The van der Waals surface area contributed by atoms with Crippen molar-refractivity contribution in [1.29, 1.82) is 0 Å². The zero-order valence-electron chi connectivity index (χ0n) is 9.86. The van der Waals surface area contributed by atoms with Gasteiger partial charge in [0.15, 0.2) is 0 Å². The van der Waals surface area contributed by atoms with Gasteiger partial charge in [0, 0.05) is 11.7 Å². The molecule has 0 aliphatic rings. The van der Waals surface area contributed by atoms with Gasteiger partial charge in [-0.25, -0.2) is 9.59 Å². The number of amides is 2. The normalized spacial score (nSPS) is 11.6. The van der Waals surface area contributed by atoms with Crippen molar-refractivity contribution in [3.8, 4) is 0 Å². The van der Waals surface area contributed by atoms with Crippen LogP contribution in [0.1, 0.15) is 30.6 Å². The van der Waals surface area contributed by atoms with E-state index in [0.717, 1.165) is 6.42 Å². The van der Waals surface area contributed by atoms with E-state index in [2.05, 4.69) is 10.6 Å². The van der Waals surface area contributed by atoms with Crippen LogP contribution in [-0.2, 0) is 0 Å². The molecule has 1 aromatic carbocycles. The summed E-state index contributed by atoms with van der Waals surface area (Å²) in [5, 5.41) is 14.1. The summed E-state index contributed by atoms with van der Waals surface area (Å²) in [6.45, 7) is 3.86. The molecule has 1 rings (SSSR count). The minimum absolute atomic E-state index is 0.0812. The molecule has 1 atom stereocenters. The molecular weight excluding hydrogens is 220 g/mol. The summed E-state index contributed by atoms with van der Waals surface area (Å²) in [5.41, 5.74) is 0.608. The summed E-state index contributed by atoms with van der Waals surface area (Å²) in [6, 6.07) is 5.86. The highest BCUT2D eigenvalue weighted by atomic mass is 16.4.